The number of halogens is 2. The molecule has 0 unspecified atom stereocenters. The second kappa shape index (κ2) is 6.89. The predicted molar refractivity (Wildman–Crippen MR) is 106 cm³/mol. The summed E-state index contributed by atoms with van der Waals surface area (Å²) in [5.74, 6) is -2.42. The molecule has 1 atom stereocenters. The smallest absolute Gasteiger partial charge is 0.329 e. The molecule has 1 saturated carbocycles. The number of anilines is 3. The maximum atomic E-state index is 13.0. The van der Waals surface area contributed by atoms with Crippen molar-refractivity contribution in [2.24, 2.45) is 0 Å². The van der Waals surface area contributed by atoms with Crippen molar-refractivity contribution in [3.8, 4) is 0 Å². The third kappa shape index (κ3) is 3.31. The van der Waals surface area contributed by atoms with Crippen LogP contribution in [0.4, 0.5) is 30.9 Å². The fraction of sp³-hybridized carbons (Fsp3) is 0.400. The highest BCUT2D eigenvalue weighted by Gasteiger charge is 2.46. The summed E-state index contributed by atoms with van der Waals surface area (Å²) in [5.41, 5.74) is 0.869. The van der Waals surface area contributed by atoms with Crippen molar-refractivity contribution in [2.75, 3.05) is 28.2 Å². The van der Waals surface area contributed by atoms with Crippen LogP contribution in [0.1, 0.15) is 29.8 Å². The summed E-state index contributed by atoms with van der Waals surface area (Å²) in [7, 11) is 0. The molecule has 30 heavy (non-hydrogen) atoms. The van der Waals surface area contributed by atoms with Crippen LogP contribution in [0.25, 0.3) is 0 Å². The molecule has 4 heterocycles. The van der Waals surface area contributed by atoms with Crippen LogP contribution in [0, 0.1) is 0 Å². The van der Waals surface area contributed by atoms with E-state index in [-0.39, 0.29) is 30.6 Å². The van der Waals surface area contributed by atoms with Crippen LogP contribution in [0.5, 0.6) is 0 Å². The Labute approximate surface area is 171 Å². The molecule has 2 aliphatic heterocycles. The molecular weight excluding hydrogens is 394 g/mol. The van der Waals surface area contributed by atoms with Crippen LogP contribution in [-0.2, 0) is 0 Å². The minimum absolute atomic E-state index is 0.0719. The molecule has 2 bridgehead atoms. The van der Waals surface area contributed by atoms with Crippen LogP contribution in [0.2, 0.25) is 0 Å². The van der Waals surface area contributed by atoms with Gasteiger partial charge in [0, 0.05) is 38.2 Å². The first-order valence-electron chi connectivity index (χ1n) is 9.85. The monoisotopic (exact) mass is 414 g/mol. The first-order valence-corrected chi connectivity index (χ1v) is 9.85. The zero-order valence-electron chi connectivity index (χ0n) is 16.0. The molecule has 2 N–H and O–H groups in total. The number of nitrogens with zero attached hydrogens (tertiary/aromatic N) is 4. The van der Waals surface area contributed by atoms with Gasteiger partial charge in [0.25, 0.3) is 11.8 Å². The van der Waals surface area contributed by atoms with Crippen molar-refractivity contribution >= 4 is 29.3 Å². The van der Waals surface area contributed by atoms with E-state index in [9.17, 15) is 18.4 Å². The number of nitrogens with one attached hydrogen (secondary N) is 2. The zero-order chi connectivity index (χ0) is 20.9. The largest absolute Gasteiger partial charge is 0.366 e. The lowest BCUT2D eigenvalue weighted by Gasteiger charge is -2.36. The van der Waals surface area contributed by atoms with Crippen LogP contribution < -0.4 is 20.4 Å². The van der Waals surface area contributed by atoms with E-state index in [2.05, 4.69) is 25.5 Å². The first kappa shape index (κ1) is 18.7. The van der Waals surface area contributed by atoms with Crippen LogP contribution >= 0.6 is 0 Å². The normalized spacial score (nSPS) is 21.6. The van der Waals surface area contributed by atoms with E-state index in [1.54, 1.807) is 41.4 Å². The number of hydrogen-bond donors (Lipinski definition) is 2. The average Bonchev–Trinajstić information content (AvgIpc) is 3.11. The molecule has 1 aliphatic carbocycles. The molecule has 1 saturated heterocycles. The highest BCUT2D eigenvalue weighted by atomic mass is 19.3. The van der Waals surface area contributed by atoms with E-state index in [0.29, 0.717) is 18.2 Å². The average molecular weight is 414 g/mol. The van der Waals surface area contributed by atoms with Crippen molar-refractivity contribution in [1.82, 2.24) is 15.3 Å². The fourth-order valence-corrected chi connectivity index (χ4v) is 4.23. The standard InChI is InChI=1S/C20H20F2N6O2/c21-20(22)9-12(10-20)24-18(29)14-4-5-15-17(25-14)28(13-6-8-27(15)11-13)19(30)26-16-3-1-2-7-23-16/h1-5,7,12-13H,6,8-11H2,(H,24,29)(H,23,26,30)/t13-/m0/s1. The summed E-state index contributed by atoms with van der Waals surface area (Å²) in [6.07, 6.45) is 1.64. The van der Waals surface area contributed by atoms with Gasteiger partial charge in [-0.05, 0) is 30.7 Å². The van der Waals surface area contributed by atoms with Gasteiger partial charge in [-0.1, -0.05) is 6.07 Å². The molecule has 0 spiro atoms. The molecule has 3 aliphatic rings. The molecule has 0 radical (unpaired) electrons. The number of carbonyl (C=O) groups is 2. The lowest BCUT2D eigenvalue weighted by molar-refractivity contribution is -0.0901. The Balaban J connectivity index is 1.40. The van der Waals surface area contributed by atoms with Gasteiger partial charge in [0.2, 0.25) is 0 Å². The molecule has 8 nitrogen and oxygen atoms in total. The summed E-state index contributed by atoms with van der Waals surface area (Å²) in [6.45, 7) is 1.47. The topological polar surface area (TPSA) is 90.5 Å². The highest BCUT2D eigenvalue weighted by molar-refractivity contribution is 6.05. The minimum Gasteiger partial charge on any atom is -0.366 e. The Morgan fingerprint density at radius 2 is 2.00 bits per heavy atom. The van der Waals surface area contributed by atoms with Gasteiger partial charge < -0.3 is 10.2 Å². The Morgan fingerprint density at radius 3 is 2.73 bits per heavy atom. The molecule has 2 aromatic rings. The van der Waals surface area contributed by atoms with Gasteiger partial charge in [0.05, 0.1) is 11.7 Å². The Bertz CT molecular complexity index is 994. The number of pyridine rings is 2. The molecule has 10 heteroatoms. The number of carbonyl (C=O) groups excluding carboxylic acids is 2. The van der Waals surface area contributed by atoms with Crippen LogP contribution in [-0.4, -0.2) is 53.0 Å². The fourth-order valence-electron chi connectivity index (χ4n) is 4.23. The lowest BCUT2D eigenvalue weighted by Crippen LogP contribution is -2.51. The van der Waals surface area contributed by atoms with Gasteiger partial charge in [-0.25, -0.2) is 23.5 Å². The van der Waals surface area contributed by atoms with Gasteiger partial charge in [0.1, 0.15) is 11.5 Å². The highest BCUT2D eigenvalue weighted by Crippen LogP contribution is 2.40. The van der Waals surface area contributed by atoms with Crippen LogP contribution in [0.3, 0.4) is 0 Å². The molecule has 3 amide bonds. The van der Waals surface area contributed by atoms with E-state index >= 15 is 0 Å². The molecule has 2 fully saturated rings. The van der Waals surface area contributed by atoms with Gasteiger partial charge >= 0.3 is 6.03 Å². The third-order valence-corrected chi connectivity index (χ3v) is 5.73. The number of hydrogen-bond acceptors (Lipinski definition) is 5. The number of aromatic nitrogens is 2. The first-order chi connectivity index (χ1) is 14.4. The SMILES string of the molecule is O=C(NC1CC(F)(F)C1)c1ccc2c(n1)N(C(=O)Nc1ccccn1)[C@H]1CCN2C1. The van der Waals surface area contributed by atoms with Gasteiger partial charge in [-0.15, -0.1) is 0 Å². The summed E-state index contributed by atoms with van der Waals surface area (Å²) in [4.78, 5) is 37.8. The molecule has 0 aromatic carbocycles. The summed E-state index contributed by atoms with van der Waals surface area (Å²) in [6, 6.07) is 7.54. The Morgan fingerprint density at radius 1 is 1.17 bits per heavy atom. The lowest BCUT2D eigenvalue weighted by atomic mass is 9.88. The summed E-state index contributed by atoms with van der Waals surface area (Å²) < 4.78 is 26.1. The molecule has 156 valence electrons. The van der Waals surface area contributed by atoms with E-state index in [1.807, 2.05) is 0 Å². The molecular formula is C20H20F2N6O2. The van der Waals surface area contributed by atoms with E-state index < -0.39 is 17.9 Å². The van der Waals surface area contributed by atoms with Crippen molar-refractivity contribution in [3.63, 3.8) is 0 Å². The predicted octanol–water partition coefficient (Wildman–Crippen LogP) is 2.63. The molecule has 5 rings (SSSR count). The van der Waals surface area contributed by atoms with Gasteiger partial charge in [-0.2, -0.15) is 0 Å². The quantitative estimate of drug-likeness (QED) is 0.806. The summed E-state index contributed by atoms with van der Waals surface area (Å²) >= 11 is 0. The zero-order valence-corrected chi connectivity index (χ0v) is 16.0. The third-order valence-electron chi connectivity index (χ3n) is 5.73. The number of alkyl halides is 2. The van der Waals surface area contributed by atoms with Crippen molar-refractivity contribution < 1.29 is 18.4 Å². The van der Waals surface area contributed by atoms with Crippen LogP contribution in [0.15, 0.2) is 36.5 Å². The maximum absolute atomic E-state index is 13.0. The Hall–Kier alpha value is -3.30. The summed E-state index contributed by atoms with van der Waals surface area (Å²) in [5, 5.41) is 5.37. The van der Waals surface area contributed by atoms with E-state index in [1.165, 1.54) is 0 Å². The minimum atomic E-state index is -2.71. The van der Waals surface area contributed by atoms with Crippen molar-refractivity contribution in [3.05, 3.63) is 42.2 Å². The van der Waals surface area contributed by atoms with E-state index in [0.717, 1.165) is 18.7 Å². The van der Waals surface area contributed by atoms with Gasteiger partial charge in [-0.3, -0.25) is 15.0 Å². The van der Waals surface area contributed by atoms with Crippen molar-refractivity contribution in [1.29, 1.82) is 0 Å². The van der Waals surface area contributed by atoms with E-state index in [4.69, 9.17) is 0 Å². The number of fused-ring (bicyclic) bond motifs is 4. The van der Waals surface area contributed by atoms with Crippen molar-refractivity contribution in [2.45, 2.75) is 37.3 Å². The number of urea groups is 1. The number of rotatable bonds is 3. The second-order valence-corrected chi connectivity index (χ2v) is 7.88. The number of amides is 3. The molecule has 2 aromatic heterocycles. The Kier molecular flexibility index (Phi) is 4.30. The van der Waals surface area contributed by atoms with Gasteiger partial charge in [0.15, 0.2) is 5.82 Å². The second-order valence-electron chi connectivity index (χ2n) is 7.88. The maximum Gasteiger partial charge on any atom is 0.329 e.